The maximum absolute atomic E-state index is 12.4. The maximum Gasteiger partial charge on any atom is 0.451 e. The number of ether oxygens (including phenoxy) is 1. The van der Waals surface area contributed by atoms with Gasteiger partial charge in [-0.3, -0.25) is 15.2 Å². The predicted molar refractivity (Wildman–Crippen MR) is 79.7 cm³/mol. The van der Waals surface area contributed by atoms with E-state index in [1.165, 1.54) is 31.2 Å². The maximum atomic E-state index is 12.4. The van der Waals surface area contributed by atoms with Gasteiger partial charge in [-0.15, -0.1) is 5.10 Å². The van der Waals surface area contributed by atoms with Crippen molar-refractivity contribution in [3.8, 4) is 5.75 Å². The first kappa shape index (κ1) is 18.7. The van der Waals surface area contributed by atoms with Gasteiger partial charge >= 0.3 is 6.18 Å². The quantitative estimate of drug-likeness (QED) is 0.817. The summed E-state index contributed by atoms with van der Waals surface area (Å²) in [7, 11) is -3.36. The summed E-state index contributed by atoms with van der Waals surface area (Å²) in [6.45, 7) is 1.36. The molecule has 1 aromatic carbocycles. The van der Waals surface area contributed by atoms with E-state index < -0.39 is 39.8 Å². The molecule has 0 saturated heterocycles. The zero-order valence-electron chi connectivity index (χ0n) is 13.0. The molecule has 0 saturated carbocycles. The second kappa shape index (κ2) is 6.70. The van der Waals surface area contributed by atoms with Crippen LogP contribution in [0, 0.1) is 0 Å². The Bertz CT molecular complexity index is 862. The molecule has 12 heteroatoms. The molecular formula is C13H13F3N4O4S. The lowest BCUT2D eigenvalue weighted by atomic mass is 10.3. The van der Waals surface area contributed by atoms with Crippen molar-refractivity contribution in [2.75, 3.05) is 11.6 Å². The van der Waals surface area contributed by atoms with Crippen LogP contribution in [0.25, 0.3) is 0 Å². The van der Waals surface area contributed by atoms with Crippen molar-refractivity contribution in [1.82, 2.24) is 15.2 Å². The lowest BCUT2D eigenvalue weighted by Gasteiger charge is -2.13. The van der Waals surface area contributed by atoms with Crippen molar-refractivity contribution in [3.63, 3.8) is 0 Å². The van der Waals surface area contributed by atoms with Gasteiger partial charge in [0.25, 0.3) is 5.91 Å². The van der Waals surface area contributed by atoms with Crippen LogP contribution in [0.3, 0.4) is 0 Å². The second-order valence-electron chi connectivity index (χ2n) is 5.00. The number of nitrogens with zero attached hydrogens (tertiary/aromatic N) is 2. The van der Waals surface area contributed by atoms with E-state index in [0.29, 0.717) is 0 Å². The minimum atomic E-state index is -4.71. The first-order chi connectivity index (χ1) is 11.5. The zero-order chi connectivity index (χ0) is 18.8. The molecule has 0 aliphatic carbocycles. The summed E-state index contributed by atoms with van der Waals surface area (Å²) in [5.41, 5.74) is 0. The minimum Gasteiger partial charge on any atom is -0.481 e. The summed E-state index contributed by atoms with van der Waals surface area (Å²) in [4.78, 5) is 15.1. The Balaban J connectivity index is 1.99. The largest absolute Gasteiger partial charge is 0.481 e. The third-order valence-electron chi connectivity index (χ3n) is 2.92. The molecular weight excluding hydrogens is 365 g/mol. The number of sulfone groups is 1. The number of carbonyl (C=O) groups is 1. The van der Waals surface area contributed by atoms with E-state index in [4.69, 9.17) is 4.74 Å². The smallest absolute Gasteiger partial charge is 0.451 e. The summed E-state index contributed by atoms with van der Waals surface area (Å²) < 4.78 is 65.2. The Morgan fingerprint density at radius 1 is 1.28 bits per heavy atom. The third-order valence-corrected chi connectivity index (χ3v) is 4.05. The second-order valence-corrected chi connectivity index (χ2v) is 7.01. The first-order valence-corrected chi connectivity index (χ1v) is 8.63. The zero-order valence-corrected chi connectivity index (χ0v) is 13.8. The number of hydrogen-bond acceptors (Lipinski definition) is 6. The lowest BCUT2D eigenvalue weighted by Crippen LogP contribution is -2.30. The molecule has 1 atom stereocenters. The molecule has 1 aromatic heterocycles. The van der Waals surface area contributed by atoms with Gasteiger partial charge in [0.05, 0.1) is 4.90 Å². The molecule has 2 aromatic rings. The number of aromatic nitrogens is 3. The number of halogens is 3. The fourth-order valence-electron chi connectivity index (χ4n) is 1.68. The van der Waals surface area contributed by atoms with E-state index in [9.17, 15) is 26.4 Å². The fourth-order valence-corrected chi connectivity index (χ4v) is 2.31. The monoisotopic (exact) mass is 378 g/mol. The fraction of sp³-hybridized carbons (Fsp3) is 0.308. The number of nitrogens with one attached hydrogen (secondary N) is 2. The highest BCUT2D eigenvalue weighted by Gasteiger charge is 2.35. The van der Waals surface area contributed by atoms with Crippen LogP contribution in [0.5, 0.6) is 5.75 Å². The van der Waals surface area contributed by atoms with Gasteiger partial charge in [-0.1, -0.05) is 0 Å². The molecule has 0 aliphatic rings. The van der Waals surface area contributed by atoms with E-state index in [-0.39, 0.29) is 10.6 Å². The lowest BCUT2D eigenvalue weighted by molar-refractivity contribution is -0.144. The Labute approximate surface area is 140 Å². The van der Waals surface area contributed by atoms with Gasteiger partial charge in [-0.2, -0.15) is 18.2 Å². The standard InChI is InChI=1S/C13H13F3N4O4S/c1-7(24-8-3-5-9(6-4-8)25(2,22)23)10(21)17-12-18-11(19-20-12)13(14,15)16/h3-7H,1-2H3,(H2,17,18,19,20,21). The van der Waals surface area contributed by atoms with E-state index in [2.05, 4.69) is 15.4 Å². The topological polar surface area (TPSA) is 114 Å². The van der Waals surface area contributed by atoms with Gasteiger partial charge < -0.3 is 4.74 Å². The molecule has 2 rings (SSSR count). The molecule has 136 valence electrons. The number of alkyl halides is 3. The van der Waals surface area contributed by atoms with Crippen molar-refractivity contribution in [3.05, 3.63) is 30.1 Å². The van der Waals surface area contributed by atoms with E-state index in [0.717, 1.165) is 6.26 Å². The van der Waals surface area contributed by atoms with E-state index in [1.54, 1.807) is 5.10 Å². The predicted octanol–water partition coefficient (Wildman–Crippen LogP) is 1.63. The van der Waals surface area contributed by atoms with Crippen LogP contribution in [-0.2, 0) is 20.8 Å². The van der Waals surface area contributed by atoms with Crippen LogP contribution in [0.4, 0.5) is 19.1 Å². The van der Waals surface area contributed by atoms with Crippen molar-refractivity contribution in [2.45, 2.75) is 24.1 Å². The molecule has 0 bridgehead atoms. The van der Waals surface area contributed by atoms with Crippen molar-refractivity contribution in [2.24, 2.45) is 0 Å². The number of aromatic amines is 1. The molecule has 0 aliphatic heterocycles. The third kappa shape index (κ3) is 4.92. The number of amides is 1. The van der Waals surface area contributed by atoms with Gasteiger partial charge in [0.15, 0.2) is 15.9 Å². The molecule has 0 fully saturated rings. The van der Waals surface area contributed by atoms with E-state index >= 15 is 0 Å². The number of rotatable bonds is 5. The number of carbonyl (C=O) groups excluding carboxylic acids is 1. The molecule has 2 N–H and O–H groups in total. The highest BCUT2D eigenvalue weighted by Crippen LogP contribution is 2.26. The molecule has 8 nitrogen and oxygen atoms in total. The Morgan fingerprint density at radius 2 is 1.88 bits per heavy atom. The van der Waals surface area contributed by atoms with Crippen LogP contribution in [-0.4, -0.2) is 41.9 Å². The molecule has 1 amide bonds. The van der Waals surface area contributed by atoms with Gasteiger partial charge in [0.1, 0.15) is 5.75 Å². The summed E-state index contributed by atoms with van der Waals surface area (Å²) in [6.07, 6.45) is -4.75. The van der Waals surface area contributed by atoms with Crippen molar-refractivity contribution < 1.29 is 31.1 Å². The van der Waals surface area contributed by atoms with Crippen LogP contribution in [0.2, 0.25) is 0 Å². The Morgan fingerprint density at radius 3 is 2.36 bits per heavy atom. The SMILES string of the molecule is CC(Oc1ccc(S(C)(=O)=O)cc1)C(=O)Nc1n[nH]c(C(F)(F)F)n1. The summed E-state index contributed by atoms with van der Waals surface area (Å²) in [6, 6.07) is 5.32. The van der Waals surface area contributed by atoms with E-state index in [1.807, 2.05) is 0 Å². The van der Waals surface area contributed by atoms with Gasteiger partial charge in [-0.25, -0.2) is 8.42 Å². The minimum absolute atomic E-state index is 0.0809. The first-order valence-electron chi connectivity index (χ1n) is 6.74. The van der Waals surface area contributed by atoms with Crippen LogP contribution in [0.1, 0.15) is 12.7 Å². The number of benzene rings is 1. The van der Waals surface area contributed by atoms with Crippen molar-refractivity contribution >= 4 is 21.7 Å². The van der Waals surface area contributed by atoms with Gasteiger partial charge in [0, 0.05) is 6.26 Å². The Kier molecular flexibility index (Phi) is 5.02. The average Bonchev–Trinajstić information content (AvgIpc) is 2.95. The molecule has 0 spiro atoms. The average molecular weight is 378 g/mol. The number of hydrogen-bond donors (Lipinski definition) is 2. The van der Waals surface area contributed by atoms with Crippen molar-refractivity contribution in [1.29, 1.82) is 0 Å². The Hall–Kier alpha value is -2.63. The molecule has 0 radical (unpaired) electrons. The summed E-state index contributed by atoms with van der Waals surface area (Å²) in [5, 5.41) is 6.98. The summed E-state index contributed by atoms with van der Waals surface area (Å²) >= 11 is 0. The highest BCUT2D eigenvalue weighted by atomic mass is 32.2. The number of H-pyrrole nitrogens is 1. The van der Waals surface area contributed by atoms with Gasteiger partial charge in [0.2, 0.25) is 11.8 Å². The normalized spacial score (nSPS) is 13.3. The van der Waals surface area contributed by atoms with Gasteiger partial charge in [-0.05, 0) is 31.2 Å². The summed E-state index contributed by atoms with van der Waals surface area (Å²) in [5.74, 6) is -2.45. The van der Waals surface area contributed by atoms with Crippen LogP contribution >= 0.6 is 0 Å². The molecule has 1 unspecified atom stereocenters. The van der Waals surface area contributed by atoms with Crippen LogP contribution < -0.4 is 10.1 Å². The molecule has 1 heterocycles. The van der Waals surface area contributed by atoms with Crippen LogP contribution in [0.15, 0.2) is 29.2 Å². The highest BCUT2D eigenvalue weighted by molar-refractivity contribution is 7.90. The number of anilines is 1. The molecule has 25 heavy (non-hydrogen) atoms.